The molecule has 124 valence electrons. The lowest BCUT2D eigenvalue weighted by Crippen LogP contribution is -2.64. The third kappa shape index (κ3) is 4.67. The molecule has 1 atom stereocenters. The molecule has 0 aromatic carbocycles. The van der Waals surface area contributed by atoms with Crippen LogP contribution in [0.25, 0.3) is 0 Å². The highest BCUT2D eigenvalue weighted by molar-refractivity contribution is 4.96. The van der Waals surface area contributed by atoms with Gasteiger partial charge in [-0.1, -0.05) is 19.3 Å². The maximum atomic E-state index is 5.60. The molecule has 1 unspecified atom stereocenters. The van der Waals surface area contributed by atoms with Crippen molar-refractivity contribution in [1.82, 2.24) is 10.2 Å². The van der Waals surface area contributed by atoms with Crippen molar-refractivity contribution in [2.24, 2.45) is 5.92 Å². The Hall–Kier alpha value is -0.120. The van der Waals surface area contributed by atoms with Crippen LogP contribution in [0.15, 0.2) is 0 Å². The summed E-state index contributed by atoms with van der Waals surface area (Å²) in [4.78, 5) is 2.70. The van der Waals surface area contributed by atoms with Gasteiger partial charge in [0, 0.05) is 38.3 Å². The molecule has 1 N–H and O–H groups in total. The molecule has 2 fully saturated rings. The van der Waals surface area contributed by atoms with Crippen molar-refractivity contribution in [2.45, 2.75) is 83.4 Å². The minimum atomic E-state index is -0.0126. The average molecular weight is 296 g/mol. The number of hydrogen-bond donors (Lipinski definition) is 1. The first kappa shape index (κ1) is 17.2. The lowest BCUT2D eigenvalue weighted by molar-refractivity contribution is -0.0153. The fourth-order valence-corrected chi connectivity index (χ4v) is 3.79. The van der Waals surface area contributed by atoms with Gasteiger partial charge in [-0.3, -0.25) is 4.90 Å². The third-order valence-corrected chi connectivity index (χ3v) is 5.83. The molecule has 3 heteroatoms. The lowest BCUT2D eigenvalue weighted by atomic mass is 9.81. The minimum Gasteiger partial charge on any atom is -0.379 e. The molecule has 0 radical (unpaired) electrons. The van der Waals surface area contributed by atoms with E-state index in [0.29, 0.717) is 6.04 Å². The van der Waals surface area contributed by atoms with Crippen LogP contribution in [0, 0.1) is 5.92 Å². The Balaban J connectivity index is 1.92. The number of hydrogen-bond acceptors (Lipinski definition) is 3. The van der Waals surface area contributed by atoms with E-state index in [1.165, 1.54) is 38.6 Å². The Morgan fingerprint density at radius 3 is 2.48 bits per heavy atom. The standard InChI is InChI=1S/C18H36N2O/c1-17(2)14-19-16(15-9-7-6-8-10-15)13-20(17)12-11-18(3,4)21-5/h15-16,19H,6-14H2,1-5H3. The summed E-state index contributed by atoms with van der Waals surface area (Å²) in [6.45, 7) is 12.6. The molecule has 2 rings (SSSR count). The van der Waals surface area contributed by atoms with Gasteiger partial charge in [0.15, 0.2) is 0 Å². The fraction of sp³-hybridized carbons (Fsp3) is 1.00. The van der Waals surface area contributed by atoms with E-state index in [1.807, 2.05) is 7.11 Å². The van der Waals surface area contributed by atoms with Gasteiger partial charge in [0.1, 0.15) is 0 Å². The van der Waals surface area contributed by atoms with Crippen LogP contribution in [-0.2, 0) is 4.74 Å². The highest BCUT2D eigenvalue weighted by Gasteiger charge is 2.37. The van der Waals surface area contributed by atoms with E-state index >= 15 is 0 Å². The molecule has 0 amide bonds. The summed E-state index contributed by atoms with van der Waals surface area (Å²) >= 11 is 0. The zero-order valence-corrected chi connectivity index (χ0v) is 14.9. The topological polar surface area (TPSA) is 24.5 Å². The summed E-state index contributed by atoms with van der Waals surface area (Å²) in [5.41, 5.74) is 0.246. The molecule has 0 spiro atoms. The van der Waals surface area contributed by atoms with E-state index in [0.717, 1.165) is 25.4 Å². The Kier molecular flexibility index (Phi) is 5.72. The van der Waals surface area contributed by atoms with E-state index in [4.69, 9.17) is 4.74 Å². The molecule has 0 aromatic rings. The van der Waals surface area contributed by atoms with Gasteiger partial charge in [0.05, 0.1) is 5.60 Å². The van der Waals surface area contributed by atoms with Crippen LogP contribution in [0.2, 0.25) is 0 Å². The molecule has 1 saturated heterocycles. The normalized spacial score (nSPS) is 28.7. The van der Waals surface area contributed by atoms with Crippen LogP contribution in [0.3, 0.4) is 0 Å². The summed E-state index contributed by atoms with van der Waals surface area (Å²) in [5.74, 6) is 0.896. The number of ether oxygens (including phenoxy) is 1. The van der Waals surface area contributed by atoms with Crippen LogP contribution >= 0.6 is 0 Å². The van der Waals surface area contributed by atoms with E-state index in [-0.39, 0.29) is 11.1 Å². The van der Waals surface area contributed by atoms with Crippen molar-refractivity contribution < 1.29 is 4.74 Å². The van der Waals surface area contributed by atoms with E-state index in [9.17, 15) is 0 Å². The maximum absolute atomic E-state index is 5.60. The van der Waals surface area contributed by atoms with Crippen LogP contribution in [0.4, 0.5) is 0 Å². The van der Waals surface area contributed by atoms with Gasteiger partial charge in [-0.25, -0.2) is 0 Å². The fourth-order valence-electron chi connectivity index (χ4n) is 3.79. The highest BCUT2D eigenvalue weighted by Crippen LogP contribution is 2.31. The first-order valence-electron chi connectivity index (χ1n) is 8.88. The molecular formula is C18H36N2O. The summed E-state index contributed by atoms with van der Waals surface area (Å²) in [7, 11) is 1.83. The molecule has 1 saturated carbocycles. The monoisotopic (exact) mass is 296 g/mol. The van der Waals surface area contributed by atoms with Gasteiger partial charge in [0.25, 0.3) is 0 Å². The van der Waals surface area contributed by atoms with E-state index < -0.39 is 0 Å². The number of nitrogens with one attached hydrogen (secondary N) is 1. The zero-order valence-electron chi connectivity index (χ0n) is 14.9. The second kappa shape index (κ2) is 6.97. The summed E-state index contributed by atoms with van der Waals surface area (Å²) in [6.07, 6.45) is 8.27. The first-order chi connectivity index (χ1) is 9.84. The SMILES string of the molecule is COC(C)(C)CCN1CC(C2CCCCC2)NCC1(C)C. The lowest BCUT2D eigenvalue weighted by Gasteiger charge is -2.49. The number of rotatable bonds is 5. The smallest absolute Gasteiger partial charge is 0.0634 e. The van der Waals surface area contributed by atoms with Crippen molar-refractivity contribution in [1.29, 1.82) is 0 Å². The second-order valence-corrected chi connectivity index (χ2v) is 8.36. The van der Waals surface area contributed by atoms with Gasteiger partial charge < -0.3 is 10.1 Å². The molecule has 0 aromatic heterocycles. The maximum Gasteiger partial charge on any atom is 0.0634 e. The van der Waals surface area contributed by atoms with Gasteiger partial charge in [-0.05, 0) is 52.9 Å². The van der Waals surface area contributed by atoms with Gasteiger partial charge >= 0.3 is 0 Å². The Morgan fingerprint density at radius 2 is 1.86 bits per heavy atom. The van der Waals surface area contributed by atoms with E-state index in [1.54, 1.807) is 0 Å². The van der Waals surface area contributed by atoms with Crippen LogP contribution in [0.1, 0.15) is 66.2 Å². The Morgan fingerprint density at radius 1 is 1.19 bits per heavy atom. The molecular weight excluding hydrogens is 260 g/mol. The molecule has 21 heavy (non-hydrogen) atoms. The Labute approximate surface area is 131 Å². The number of piperazine rings is 1. The molecule has 1 aliphatic carbocycles. The summed E-state index contributed by atoms with van der Waals surface area (Å²) < 4.78 is 5.60. The van der Waals surface area contributed by atoms with Gasteiger partial charge in [-0.15, -0.1) is 0 Å². The third-order valence-electron chi connectivity index (χ3n) is 5.83. The summed E-state index contributed by atoms with van der Waals surface area (Å²) in [6, 6.07) is 0.698. The highest BCUT2D eigenvalue weighted by atomic mass is 16.5. The second-order valence-electron chi connectivity index (χ2n) is 8.36. The predicted molar refractivity (Wildman–Crippen MR) is 89.7 cm³/mol. The van der Waals surface area contributed by atoms with Crippen molar-refractivity contribution in [3.8, 4) is 0 Å². The zero-order chi connectivity index (χ0) is 15.5. The van der Waals surface area contributed by atoms with Crippen molar-refractivity contribution in [2.75, 3.05) is 26.7 Å². The molecule has 2 aliphatic rings. The van der Waals surface area contributed by atoms with Gasteiger partial charge in [-0.2, -0.15) is 0 Å². The van der Waals surface area contributed by atoms with Crippen molar-refractivity contribution >= 4 is 0 Å². The molecule has 0 bridgehead atoms. The predicted octanol–water partition coefficient (Wildman–Crippen LogP) is 3.43. The van der Waals surface area contributed by atoms with Crippen molar-refractivity contribution in [3.63, 3.8) is 0 Å². The Bertz CT molecular complexity index is 321. The molecule has 1 heterocycles. The summed E-state index contributed by atoms with van der Waals surface area (Å²) in [5, 5.41) is 3.85. The van der Waals surface area contributed by atoms with Crippen LogP contribution in [-0.4, -0.2) is 48.8 Å². The van der Waals surface area contributed by atoms with Crippen molar-refractivity contribution in [3.05, 3.63) is 0 Å². The van der Waals surface area contributed by atoms with Crippen LogP contribution < -0.4 is 5.32 Å². The molecule has 3 nitrogen and oxygen atoms in total. The largest absolute Gasteiger partial charge is 0.379 e. The van der Waals surface area contributed by atoms with E-state index in [2.05, 4.69) is 37.9 Å². The number of methoxy groups -OCH3 is 1. The minimum absolute atomic E-state index is 0.0126. The van der Waals surface area contributed by atoms with Gasteiger partial charge in [0.2, 0.25) is 0 Å². The number of nitrogens with zero attached hydrogens (tertiary/aromatic N) is 1. The first-order valence-corrected chi connectivity index (χ1v) is 8.88. The van der Waals surface area contributed by atoms with Crippen LogP contribution in [0.5, 0.6) is 0 Å². The average Bonchev–Trinajstić information content (AvgIpc) is 2.47. The molecule has 1 aliphatic heterocycles. The quantitative estimate of drug-likeness (QED) is 0.841.